The topological polar surface area (TPSA) is 48.0 Å². The lowest BCUT2D eigenvalue weighted by Crippen LogP contribution is -2.11. The first-order valence-corrected chi connectivity index (χ1v) is 9.17. The summed E-state index contributed by atoms with van der Waals surface area (Å²) in [5.74, 6) is -0.442. The molecule has 5 heteroatoms. The summed E-state index contributed by atoms with van der Waals surface area (Å²) < 4.78 is 3.35. The van der Waals surface area contributed by atoms with Crippen molar-refractivity contribution in [1.82, 2.24) is 4.57 Å². The molecule has 123 valence electrons. The zero-order valence-electron chi connectivity index (χ0n) is 13.1. The van der Waals surface area contributed by atoms with Crippen LogP contribution in [0.15, 0.2) is 54.6 Å². The average molecular weight is 460 g/mol. The van der Waals surface area contributed by atoms with Crippen molar-refractivity contribution in [3.05, 3.63) is 80.4 Å². The maximum absolute atomic E-state index is 11.9. The molecule has 0 saturated carbocycles. The molecule has 0 atom stereocenters. The van der Waals surface area contributed by atoms with Gasteiger partial charge in [0.1, 0.15) is 0 Å². The summed E-state index contributed by atoms with van der Waals surface area (Å²) in [6, 6.07) is 20.7. The fraction of sp³-hybridized carbons (Fsp3) is 0.0500. The molecule has 0 aliphatic heterocycles. The molecule has 0 aliphatic carbocycles. The van der Waals surface area contributed by atoms with Gasteiger partial charge in [0.25, 0.3) is 0 Å². The van der Waals surface area contributed by atoms with Crippen molar-refractivity contribution in [2.24, 2.45) is 5.73 Å². The van der Waals surface area contributed by atoms with E-state index in [0.29, 0.717) is 17.1 Å². The van der Waals surface area contributed by atoms with Gasteiger partial charge in [-0.05, 0) is 64.6 Å². The van der Waals surface area contributed by atoms with E-state index in [2.05, 4.69) is 45.4 Å². The van der Waals surface area contributed by atoms with Gasteiger partial charge < -0.3 is 10.3 Å². The Balaban J connectivity index is 2.08. The standard InChI is InChI=1S/C20H13ClIN2O/c21-13-8-9-14-18(10-13)24(11-12-4-1-2-6-16(12)22)17-7-3-5-15(19(14)17)20(23)25/h1-8,10H,11H2,(H2,23,25). The van der Waals surface area contributed by atoms with Crippen molar-refractivity contribution in [3.63, 3.8) is 0 Å². The van der Waals surface area contributed by atoms with Crippen molar-refractivity contribution in [2.75, 3.05) is 0 Å². The Kier molecular flexibility index (Phi) is 4.17. The molecule has 3 aromatic carbocycles. The van der Waals surface area contributed by atoms with E-state index in [0.717, 1.165) is 21.8 Å². The van der Waals surface area contributed by atoms with Gasteiger partial charge in [-0.2, -0.15) is 0 Å². The Morgan fingerprint density at radius 1 is 1.16 bits per heavy atom. The zero-order valence-corrected chi connectivity index (χ0v) is 16.0. The summed E-state index contributed by atoms with van der Waals surface area (Å²) in [6.45, 7) is 0.676. The Morgan fingerprint density at radius 2 is 1.96 bits per heavy atom. The minimum Gasteiger partial charge on any atom is -0.366 e. The van der Waals surface area contributed by atoms with E-state index in [1.165, 1.54) is 9.13 Å². The van der Waals surface area contributed by atoms with Gasteiger partial charge in [-0.3, -0.25) is 4.79 Å². The number of hydrogen-bond acceptors (Lipinski definition) is 1. The summed E-state index contributed by atoms with van der Waals surface area (Å²) in [7, 11) is 0. The number of nitrogens with two attached hydrogens (primary N) is 1. The molecule has 1 aromatic heterocycles. The number of benzene rings is 3. The van der Waals surface area contributed by atoms with E-state index in [1.54, 1.807) is 12.1 Å². The first kappa shape index (κ1) is 16.4. The smallest absolute Gasteiger partial charge is 0.249 e. The van der Waals surface area contributed by atoms with E-state index in [-0.39, 0.29) is 0 Å². The molecule has 0 bridgehead atoms. The number of carbonyl (C=O) groups excluding carboxylic acids is 1. The Labute approximate surface area is 163 Å². The minimum absolute atomic E-state index is 0.442. The predicted octanol–water partition coefficient (Wildman–Crippen LogP) is 5.00. The highest BCUT2D eigenvalue weighted by molar-refractivity contribution is 14.1. The van der Waals surface area contributed by atoms with Crippen LogP contribution in [-0.4, -0.2) is 10.5 Å². The molecule has 1 radical (unpaired) electrons. The summed E-state index contributed by atoms with van der Waals surface area (Å²) in [5, 5.41) is 2.30. The predicted molar refractivity (Wildman–Crippen MR) is 110 cm³/mol. The highest BCUT2D eigenvalue weighted by Crippen LogP contribution is 2.33. The van der Waals surface area contributed by atoms with Gasteiger partial charge in [-0.15, -0.1) is 0 Å². The lowest BCUT2D eigenvalue weighted by Gasteiger charge is -2.10. The van der Waals surface area contributed by atoms with E-state index >= 15 is 0 Å². The maximum atomic E-state index is 11.9. The molecule has 0 aliphatic rings. The van der Waals surface area contributed by atoms with Crippen LogP contribution in [0.2, 0.25) is 5.02 Å². The Morgan fingerprint density at radius 3 is 2.72 bits per heavy atom. The van der Waals surface area contributed by atoms with Gasteiger partial charge in [0.15, 0.2) is 0 Å². The number of aromatic nitrogens is 1. The average Bonchev–Trinajstić information content (AvgIpc) is 2.90. The number of hydrogen-bond donors (Lipinski definition) is 1. The van der Waals surface area contributed by atoms with Crippen LogP contribution in [0.3, 0.4) is 0 Å². The molecule has 3 nitrogen and oxygen atoms in total. The van der Waals surface area contributed by atoms with Crippen molar-refractivity contribution in [2.45, 2.75) is 6.54 Å². The highest BCUT2D eigenvalue weighted by Gasteiger charge is 2.17. The lowest BCUT2D eigenvalue weighted by atomic mass is 10.1. The van der Waals surface area contributed by atoms with Crippen LogP contribution in [0.4, 0.5) is 0 Å². The molecule has 0 fully saturated rings. The number of rotatable bonds is 3. The molecule has 0 saturated heterocycles. The molecular formula is C20H13ClIN2O. The largest absolute Gasteiger partial charge is 0.366 e. The van der Waals surface area contributed by atoms with Crippen molar-refractivity contribution in [3.8, 4) is 0 Å². The Hall–Kier alpha value is -2.05. The van der Waals surface area contributed by atoms with E-state index in [4.69, 9.17) is 17.3 Å². The molecule has 25 heavy (non-hydrogen) atoms. The molecule has 1 amide bonds. The van der Waals surface area contributed by atoms with Crippen molar-refractivity contribution >= 4 is 61.9 Å². The number of amides is 1. The normalized spacial score (nSPS) is 11.3. The second kappa shape index (κ2) is 6.35. The fourth-order valence-corrected chi connectivity index (χ4v) is 3.92. The number of primary amides is 1. The third kappa shape index (κ3) is 2.79. The van der Waals surface area contributed by atoms with Gasteiger partial charge in [0, 0.05) is 31.5 Å². The molecule has 2 N–H and O–H groups in total. The van der Waals surface area contributed by atoms with Gasteiger partial charge in [-0.25, -0.2) is 0 Å². The molecule has 0 unspecified atom stereocenters. The fourth-order valence-electron chi connectivity index (χ4n) is 3.20. The third-order valence-corrected chi connectivity index (χ3v) is 5.58. The number of fused-ring (bicyclic) bond motifs is 3. The highest BCUT2D eigenvalue weighted by atomic mass is 127. The van der Waals surface area contributed by atoms with Gasteiger partial charge in [0.05, 0.1) is 11.0 Å². The first-order chi connectivity index (χ1) is 12.1. The summed E-state index contributed by atoms with van der Waals surface area (Å²) in [6.07, 6.45) is 0. The molecular weight excluding hydrogens is 447 g/mol. The molecule has 0 spiro atoms. The minimum atomic E-state index is -0.442. The molecule has 1 heterocycles. The first-order valence-electron chi connectivity index (χ1n) is 7.71. The number of nitrogens with zero attached hydrogens (tertiary/aromatic N) is 1. The number of halogens is 2. The van der Waals surface area contributed by atoms with E-state index in [1.807, 2.05) is 30.3 Å². The molecule has 4 aromatic rings. The summed E-state index contributed by atoms with van der Waals surface area (Å²) in [5.41, 5.74) is 9.19. The lowest BCUT2D eigenvalue weighted by molar-refractivity contribution is 0.100. The van der Waals surface area contributed by atoms with Crippen molar-refractivity contribution in [1.29, 1.82) is 0 Å². The van der Waals surface area contributed by atoms with Crippen molar-refractivity contribution < 1.29 is 4.79 Å². The van der Waals surface area contributed by atoms with E-state index < -0.39 is 5.91 Å². The summed E-state index contributed by atoms with van der Waals surface area (Å²) in [4.78, 5) is 11.9. The van der Waals surface area contributed by atoms with Gasteiger partial charge in [-0.1, -0.05) is 35.9 Å². The second-order valence-electron chi connectivity index (χ2n) is 5.82. The zero-order chi connectivity index (χ0) is 17.6. The van der Waals surface area contributed by atoms with E-state index in [9.17, 15) is 4.79 Å². The maximum Gasteiger partial charge on any atom is 0.249 e. The second-order valence-corrected chi connectivity index (χ2v) is 7.42. The van der Waals surface area contributed by atoms with Crippen LogP contribution in [-0.2, 0) is 6.54 Å². The third-order valence-electron chi connectivity index (χ3n) is 4.31. The van der Waals surface area contributed by atoms with Crippen LogP contribution in [0.1, 0.15) is 15.9 Å². The monoisotopic (exact) mass is 459 g/mol. The quantitative estimate of drug-likeness (QED) is 0.431. The molecule has 4 rings (SSSR count). The van der Waals surface area contributed by atoms with Gasteiger partial charge >= 0.3 is 0 Å². The Bertz CT molecular complexity index is 1130. The van der Waals surface area contributed by atoms with Crippen LogP contribution < -0.4 is 5.73 Å². The summed E-state index contributed by atoms with van der Waals surface area (Å²) >= 11 is 8.55. The van der Waals surface area contributed by atoms with Gasteiger partial charge in [0.2, 0.25) is 5.91 Å². The SMILES string of the molecule is NC(=O)c1cccc2c1c1[c]cc(Cl)cc1n2Cc1ccccc1I. The van der Waals surface area contributed by atoms with Crippen LogP contribution >= 0.6 is 34.2 Å². The van der Waals surface area contributed by atoms with Crippen LogP contribution in [0.25, 0.3) is 21.8 Å². The number of carbonyl (C=O) groups is 1. The van der Waals surface area contributed by atoms with Crippen LogP contribution in [0.5, 0.6) is 0 Å². The van der Waals surface area contributed by atoms with Crippen LogP contribution in [0, 0.1) is 9.64 Å².